The maximum atomic E-state index is 11.3. The molecule has 1 N–H and O–H groups in total. The van der Waals surface area contributed by atoms with E-state index in [1.807, 2.05) is 72.6 Å². The molecule has 2 aromatic carbocycles. The SMILES string of the molecule is CN1C(c2ccc3cc(OCOCc4ccccc4)ccc3n2)SC[C@@H]1C(=O)O. The molecule has 7 heteroatoms. The molecule has 2 heterocycles. The van der Waals surface area contributed by atoms with Crippen molar-refractivity contribution in [3.63, 3.8) is 0 Å². The lowest BCUT2D eigenvalue weighted by atomic mass is 10.2. The third-order valence-corrected chi connectivity index (χ3v) is 6.31. The Morgan fingerprint density at radius 1 is 1.21 bits per heavy atom. The lowest BCUT2D eigenvalue weighted by molar-refractivity contribution is -0.141. The summed E-state index contributed by atoms with van der Waals surface area (Å²) in [6, 6.07) is 19.2. The highest BCUT2D eigenvalue weighted by molar-refractivity contribution is 7.99. The fourth-order valence-corrected chi connectivity index (χ4v) is 4.74. The Hall–Kier alpha value is -2.61. The maximum absolute atomic E-state index is 11.3. The molecule has 0 radical (unpaired) electrons. The van der Waals surface area contributed by atoms with E-state index in [1.165, 1.54) is 0 Å². The number of aromatic nitrogens is 1. The second kappa shape index (κ2) is 8.82. The fourth-order valence-electron chi connectivity index (χ4n) is 3.31. The second-order valence-corrected chi connectivity index (χ2v) is 8.01. The summed E-state index contributed by atoms with van der Waals surface area (Å²) in [5.41, 5.74) is 2.83. The van der Waals surface area contributed by atoms with Crippen LogP contribution in [0.3, 0.4) is 0 Å². The molecule has 0 spiro atoms. The normalized spacial score (nSPS) is 19.5. The van der Waals surface area contributed by atoms with Gasteiger partial charge in [0, 0.05) is 11.1 Å². The predicted octanol–water partition coefficient (Wildman–Crippen LogP) is 3.92. The van der Waals surface area contributed by atoms with Crippen LogP contribution in [0.15, 0.2) is 60.7 Å². The van der Waals surface area contributed by atoms with Crippen LogP contribution in [0, 0.1) is 0 Å². The molecule has 2 atom stereocenters. The van der Waals surface area contributed by atoms with Crippen LogP contribution in [0.5, 0.6) is 5.75 Å². The van der Waals surface area contributed by atoms with Crippen molar-refractivity contribution in [1.29, 1.82) is 0 Å². The van der Waals surface area contributed by atoms with Gasteiger partial charge in [0.15, 0.2) is 6.79 Å². The van der Waals surface area contributed by atoms with E-state index in [-0.39, 0.29) is 12.2 Å². The number of aliphatic carboxylic acids is 1. The molecule has 1 unspecified atom stereocenters. The van der Waals surface area contributed by atoms with E-state index in [0.717, 1.165) is 27.9 Å². The number of pyridine rings is 1. The number of thioether (sulfide) groups is 1. The molecule has 1 aliphatic heterocycles. The minimum absolute atomic E-state index is 0.0530. The molecule has 0 amide bonds. The molecular weight excluding hydrogens is 388 g/mol. The first kappa shape index (κ1) is 19.7. The van der Waals surface area contributed by atoms with Gasteiger partial charge in [0.25, 0.3) is 0 Å². The summed E-state index contributed by atoms with van der Waals surface area (Å²) in [7, 11) is 1.84. The van der Waals surface area contributed by atoms with Gasteiger partial charge in [0.1, 0.15) is 11.8 Å². The molecule has 29 heavy (non-hydrogen) atoms. The van der Waals surface area contributed by atoms with Crippen LogP contribution >= 0.6 is 11.8 Å². The van der Waals surface area contributed by atoms with Gasteiger partial charge >= 0.3 is 5.97 Å². The van der Waals surface area contributed by atoms with Crippen LogP contribution in [0.4, 0.5) is 0 Å². The van der Waals surface area contributed by atoms with Crippen LogP contribution in [0.25, 0.3) is 10.9 Å². The minimum atomic E-state index is -0.792. The largest absolute Gasteiger partial charge is 0.480 e. The zero-order valence-corrected chi connectivity index (χ0v) is 16.8. The van der Waals surface area contributed by atoms with Crippen molar-refractivity contribution >= 4 is 28.6 Å². The lowest BCUT2D eigenvalue weighted by Gasteiger charge is -2.21. The number of benzene rings is 2. The molecule has 0 saturated carbocycles. The van der Waals surface area contributed by atoms with Gasteiger partial charge in [-0.25, -0.2) is 0 Å². The number of fused-ring (bicyclic) bond motifs is 1. The Balaban J connectivity index is 1.39. The zero-order chi connectivity index (χ0) is 20.2. The van der Waals surface area contributed by atoms with E-state index in [0.29, 0.717) is 12.4 Å². The predicted molar refractivity (Wildman–Crippen MR) is 113 cm³/mol. The fraction of sp³-hybridized carbons (Fsp3) is 0.273. The van der Waals surface area contributed by atoms with E-state index in [4.69, 9.17) is 14.5 Å². The molecule has 6 nitrogen and oxygen atoms in total. The Bertz CT molecular complexity index is 999. The monoisotopic (exact) mass is 410 g/mol. The van der Waals surface area contributed by atoms with Gasteiger partial charge in [0.2, 0.25) is 0 Å². The van der Waals surface area contributed by atoms with Crippen LogP contribution in [-0.2, 0) is 16.1 Å². The average Bonchev–Trinajstić information content (AvgIpc) is 3.13. The van der Waals surface area contributed by atoms with Crippen molar-refractivity contribution in [3.8, 4) is 5.75 Å². The first-order valence-electron chi connectivity index (χ1n) is 9.33. The Kier molecular flexibility index (Phi) is 5.99. The van der Waals surface area contributed by atoms with Crippen LogP contribution in [0.2, 0.25) is 0 Å². The van der Waals surface area contributed by atoms with Crippen molar-refractivity contribution in [2.75, 3.05) is 19.6 Å². The van der Waals surface area contributed by atoms with Crippen LogP contribution in [-0.4, -0.2) is 46.6 Å². The zero-order valence-electron chi connectivity index (χ0n) is 16.0. The standard InChI is InChI=1S/C22H22N2O4S/c1-24-20(22(25)26)13-29-21(24)19-9-7-16-11-17(8-10-18(16)23-19)28-14-27-12-15-5-3-2-4-6-15/h2-11,20-21H,12-14H2,1H3,(H,25,26)/t20-,21?/m1/s1. The highest BCUT2D eigenvalue weighted by Crippen LogP contribution is 2.39. The number of ether oxygens (including phenoxy) is 2. The topological polar surface area (TPSA) is 71.9 Å². The van der Waals surface area contributed by atoms with E-state index >= 15 is 0 Å². The van der Waals surface area contributed by atoms with Gasteiger partial charge in [0.05, 0.1) is 23.2 Å². The third kappa shape index (κ3) is 4.53. The molecule has 1 saturated heterocycles. The number of hydrogen-bond donors (Lipinski definition) is 1. The average molecular weight is 410 g/mol. The molecule has 3 aromatic rings. The molecule has 1 fully saturated rings. The van der Waals surface area contributed by atoms with E-state index in [9.17, 15) is 9.90 Å². The van der Waals surface area contributed by atoms with E-state index in [1.54, 1.807) is 11.8 Å². The quantitative estimate of drug-likeness (QED) is 0.468. The molecule has 4 rings (SSSR count). The molecule has 1 aliphatic rings. The first-order chi connectivity index (χ1) is 14.1. The van der Waals surface area contributed by atoms with Gasteiger partial charge in [-0.2, -0.15) is 0 Å². The summed E-state index contributed by atoms with van der Waals surface area (Å²) in [6.07, 6.45) is 0. The number of likely N-dealkylation sites (N-methyl/N-ethyl adjacent to an activating group) is 1. The first-order valence-corrected chi connectivity index (χ1v) is 10.4. The Morgan fingerprint density at radius 2 is 2.03 bits per heavy atom. The summed E-state index contributed by atoms with van der Waals surface area (Å²) in [4.78, 5) is 17.9. The summed E-state index contributed by atoms with van der Waals surface area (Å²) >= 11 is 1.60. The maximum Gasteiger partial charge on any atom is 0.321 e. The van der Waals surface area contributed by atoms with Gasteiger partial charge in [-0.15, -0.1) is 11.8 Å². The summed E-state index contributed by atoms with van der Waals surface area (Å²) in [5, 5.41) is 10.2. The number of nitrogens with zero attached hydrogens (tertiary/aromatic N) is 2. The van der Waals surface area contributed by atoms with Gasteiger partial charge in [-0.1, -0.05) is 36.4 Å². The van der Waals surface area contributed by atoms with Crippen molar-refractivity contribution in [2.24, 2.45) is 0 Å². The van der Waals surface area contributed by atoms with E-state index < -0.39 is 12.0 Å². The van der Waals surface area contributed by atoms with Crippen LogP contribution < -0.4 is 4.74 Å². The number of rotatable bonds is 7. The van der Waals surface area contributed by atoms with Crippen LogP contribution in [0.1, 0.15) is 16.6 Å². The van der Waals surface area contributed by atoms with Gasteiger partial charge in [-0.05, 0) is 36.9 Å². The summed E-state index contributed by atoms with van der Waals surface area (Å²) in [5.74, 6) is 0.490. The molecule has 150 valence electrons. The molecule has 1 aromatic heterocycles. The van der Waals surface area contributed by atoms with Crippen molar-refractivity contribution < 1.29 is 19.4 Å². The molecule has 0 bridgehead atoms. The highest BCUT2D eigenvalue weighted by atomic mass is 32.2. The van der Waals surface area contributed by atoms with Gasteiger partial charge < -0.3 is 14.6 Å². The Labute approximate surface area is 173 Å². The van der Waals surface area contributed by atoms with Crippen molar-refractivity contribution in [2.45, 2.75) is 18.0 Å². The number of carboxylic acids is 1. The Morgan fingerprint density at radius 3 is 2.79 bits per heavy atom. The number of carbonyl (C=O) groups is 1. The minimum Gasteiger partial charge on any atom is -0.480 e. The number of hydrogen-bond acceptors (Lipinski definition) is 6. The lowest BCUT2D eigenvalue weighted by Crippen LogP contribution is -2.35. The second-order valence-electron chi connectivity index (χ2n) is 6.89. The van der Waals surface area contributed by atoms with Crippen molar-refractivity contribution in [3.05, 3.63) is 71.9 Å². The molecule has 0 aliphatic carbocycles. The summed E-state index contributed by atoms with van der Waals surface area (Å²) in [6.45, 7) is 0.676. The third-order valence-electron chi connectivity index (χ3n) is 4.91. The molecular formula is C22H22N2O4S. The smallest absolute Gasteiger partial charge is 0.321 e. The van der Waals surface area contributed by atoms with Gasteiger partial charge in [-0.3, -0.25) is 14.7 Å². The van der Waals surface area contributed by atoms with Crippen molar-refractivity contribution in [1.82, 2.24) is 9.88 Å². The van der Waals surface area contributed by atoms with E-state index in [2.05, 4.69) is 0 Å². The number of carboxylic acid groups (broad SMARTS) is 1. The highest BCUT2D eigenvalue weighted by Gasteiger charge is 2.37. The summed E-state index contributed by atoms with van der Waals surface area (Å²) < 4.78 is 11.3.